The number of ether oxygens (including phenoxy) is 2. The molecular formula is C29H22BrClN4O3. The Kier molecular flexibility index (Phi) is 6.66. The van der Waals surface area contributed by atoms with E-state index in [2.05, 4.69) is 26.6 Å². The van der Waals surface area contributed by atoms with Crippen LogP contribution < -0.4 is 20.1 Å². The summed E-state index contributed by atoms with van der Waals surface area (Å²) in [5, 5.41) is 7.13. The second-order valence-electron chi connectivity index (χ2n) is 8.78. The van der Waals surface area contributed by atoms with Gasteiger partial charge in [0.05, 0.1) is 10.2 Å². The first-order valence-electron chi connectivity index (χ1n) is 12.0. The maximum Gasteiger partial charge on any atom is 0.251 e. The molecule has 1 aliphatic rings. The highest BCUT2D eigenvalue weighted by Crippen LogP contribution is 2.33. The van der Waals surface area contributed by atoms with Crippen molar-refractivity contribution < 1.29 is 14.3 Å². The molecule has 38 heavy (non-hydrogen) atoms. The van der Waals surface area contributed by atoms with Gasteiger partial charge in [0.25, 0.3) is 5.91 Å². The van der Waals surface area contributed by atoms with Crippen LogP contribution in [0.15, 0.2) is 89.5 Å². The number of nitrogens with one attached hydrogen (secondary N) is 2. The zero-order chi connectivity index (χ0) is 26.1. The van der Waals surface area contributed by atoms with Gasteiger partial charge in [-0.2, -0.15) is 0 Å². The van der Waals surface area contributed by atoms with Gasteiger partial charge in [0.2, 0.25) is 6.79 Å². The minimum Gasteiger partial charge on any atom is -0.454 e. The highest BCUT2D eigenvalue weighted by atomic mass is 79.9. The molecule has 0 unspecified atom stereocenters. The van der Waals surface area contributed by atoms with E-state index in [0.717, 1.165) is 38.3 Å². The lowest BCUT2D eigenvalue weighted by Gasteiger charge is -2.13. The first-order valence-corrected chi connectivity index (χ1v) is 13.1. The average molecular weight is 590 g/mol. The van der Waals surface area contributed by atoms with Crippen molar-refractivity contribution in [1.29, 1.82) is 0 Å². The van der Waals surface area contributed by atoms with Crippen LogP contribution in [0.5, 0.6) is 11.5 Å². The summed E-state index contributed by atoms with van der Waals surface area (Å²) < 4.78 is 13.6. The van der Waals surface area contributed by atoms with Crippen LogP contribution in [-0.2, 0) is 13.1 Å². The van der Waals surface area contributed by atoms with Crippen molar-refractivity contribution in [1.82, 2.24) is 14.7 Å². The number of hydrogen-bond acceptors (Lipinski definition) is 5. The van der Waals surface area contributed by atoms with Crippen molar-refractivity contribution in [2.45, 2.75) is 13.1 Å². The van der Waals surface area contributed by atoms with Gasteiger partial charge < -0.3 is 20.1 Å². The maximum atomic E-state index is 12.6. The molecule has 1 amide bonds. The van der Waals surface area contributed by atoms with Crippen LogP contribution in [0.4, 0.5) is 5.82 Å². The summed E-state index contributed by atoms with van der Waals surface area (Å²) in [4.78, 5) is 17.4. The molecule has 0 saturated carbocycles. The molecule has 7 nitrogen and oxygen atoms in total. The van der Waals surface area contributed by atoms with E-state index in [1.165, 1.54) is 0 Å². The number of amides is 1. The van der Waals surface area contributed by atoms with Gasteiger partial charge in [-0.25, -0.2) is 4.98 Å². The number of carbonyl (C=O) groups is 1. The second kappa shape index (κ2) is 10.4. The minimum absolute atomic E-state index is 0.164. The number of nitrogens with zero attached hydrogens (tertiary/aromatic N) is 2. The summed E-state index contributed by atoms with van der Waals surface area (Å²) in [6, 6.07) is 25.0. The van der Waals surface area contributed by atoms with Gasteiger partial charge in [0.1, 0.15) is 5.82 Å². The lowest BCUT2D eigenvalue weighted by Crippen LogP contribution is -2.22. The number of hydrogen-bond donors (Lipinski definition) is 2. The third-order valence-electron chi connectivity index (χ3n) is 6.31. The molecule has 9 heteroatoms. The fourth-order valence-corrected chi connectivity index (χ4v) is 4.91. The van der Waals surface area contributed by atoms with E-state index in [1.807, 2.05) is 71.3 Å². The molecule has 0 bridgehead atoms. The Morgan fingerprint density at radius 3 is 2.53 bits per heavy atom. The molecule has 5 aromatic rings. The molecule has 6 rings (SSSR count). The van der Waals surface area contributed by atoms with Crippen LogP contribution in [0.3, 0.4) is 0 Å². The SMILES string of the molecule is O=C(NCc1ccc(CNc2cc(-c3ccccc3Cl)nc3c(Br)ccn23)cc1)c1ccc2c(c1)OCO2. The van der Waals surface area contributed by atoms with E-state index < -0.39 is 0 Å². The predicted molar refractivity (Wildman–Crippen MR) is 151 cm³/mol. The number of halogens is 2. The van der Waals surface area contributed by atoms with Gasteiger partial charge in [-0.05, 0) is 57.4 Å². The Hall–Kier alpha value is -4.01. The molecule has 0 atom stereocenters. The zero-order valence-electron chi connectivity index (χ0n) is 20.1. The summed E-state index contributed by atoms with van der Waals surface area (Å²) >= 11 is 10.0. The molecular weight excluding hydrogens is 568 g/mol. The number of benzene rings is 3. The Morgan fingerprint density at radius 2 is 1.71 bits per heavy atom. The highest BCUT2D eigenvalue weighted by Gasteiger charge is 2.16. The zero-order valence-corrected chi connectivity index (χ0v) is 22.4. The molecule has 0 fully saturated rings. The molecule has 0 spiro atoms. The number of carbonyl (C=O) groups excluding carboxylic acids is 1. The monoisotopic (exact) mass is 588 g/mol. The van der Waals surface area contributed by atoms with Gasteiger partial charge in [-0.15, -0.1) is 0 Å². The second-order valence-corrected chi connectivity index (χ2v) is 10.0. The average Bonchev–Trinajstić information content (AvgIpc) is 3.57. The lowest BCUT2D eigenvalue weighted by atomic mass is 10.1. The van der Waals surface area contributed by atoms with Crippen molar-refractivity contribution >= 4 is 44.9 Å². The van der Waals surface area contributed by atoms with Crippen LogP contribution in [0.25, 0.3) is 16.9 Å². The van der Waals surface area contributed by atoms with E-state index in [1.54, 1.807) is 18.2 Å². The largest absolute Gasteiger partial charge is 0.454 e. The van der Waals surface area contributed by atoms with Gasteiger partial charge in [0.15, 0.2) is 17.1 Å². The molecule has 0 radical (unpaired) electrons. The van der Waals surface area contributed by atoms with Gasteiger partial charge in [0, 0.05) is 41.5 Å². The Morgan fingerprint density at radius 1 is 0.947 bits per heavy atom. The first-order chi connectivity index (χ1) is 18.5. The van der Waals surface area contributed by atoms with Crippen LogP contribution in [0.1, 0.15) is 21.5 Å². The van der Waals surface area contributed by atoms with Gasteiger partial charge in [-0.1, -0.05) is 54.1 Å². The Balaban J connectivity index is 1.13. The molecule has 3 heterocycles. The first kappa shape index (κ1) is 24.3. The number of anilines is 1. The summed E-state index contributed by atoms with van der Waals surface area (Å²) in [7, 11) is 0. The van der Waals surface area contributed by atoms with E-state index in [9.17, 15) is 4.79 Å². The molecule has 2 aromatic heterocycles. The van der Waals surface area contributed by atoms with Crippen LogP contribution in [0, 0.1) is 0 Å². The number of fused-ring (bicyclic) bond motifs is 2. The maximum absolute atomic E-state index is 12.6. The standard InChI is InChI=1S/C29H22BrClN4O3/c30-22-11-12-35-27(14-24(34-28(22)35)21-3-1-2-4-23(21)31)32-15-18-5-7-19(8-6-18)16-33-29(36)20-9-10-25-26(13-20)38-17-37-25/h1-14,32H,15-17H2,(H,33,36). The molecule has 3 aromatic carbocycles. The predicted octanol–water partition coefficient (Wildman–Crippen LogP) is 6.69. The topological polar surface area (TPSA) is 76.9 Å². The number of aromatic nitrogens is 2. The number of rotatable bonds is 7. The highest BCUT2D eigenvalue weighted by molar-refractivity contribution is 9.10. The molecule has 1 aliphatic heterocycles. The third kappa shape index (κ3) is 4.92. The Bertz CT molecular complexity index is 1650. The van der Waals surface area contributed by atoms with E-state index in [4.69, 9.17) is 26.1 Å². The van der Waals surface area contributed by atoms with E-state index >= 15 is 0 Å². The van der Waals surface area contributed by atoms with Crippen molar-refractivity contribution in [2.75, 3.05) is 12.1 Å². The fourth-order valence-electron chi connectivity index (χ4n) is 4.28. The van der Waals surface area contributed by atoms with E-state index in [-0.39, 0.29) is 12.7 Å². The summed E-state index contributed by atoms with van der Waals surface area (Å²) in [6.07, 6.45) is 1.97. The quantitative estimate of drug-likeness (QED) is 0.221. The van der Waals surface area contributed by atoms with Crippen molar-refractivity contribution in [2.24, 2.45) is 0 Å². The van der Waals surface area contributed by atoms with E-state index in [0.29, 0.717) is 35.2 Å². The molecule has 0 saturated heterocycles. The fraction of sp³-hybridized carbons (Fsp3) is 0.103. The third-order valence-corrected chi connectivity index (χ3v) is 7.25. The summed E-state index contributed by atoms with van der Waals surface area (Å²) in [6.45, 7) is 1.21. The van der Waals surface area contributed by atoms with Crippen molar-refractivity contribution in [3.63, 3.8) is 0 Å². The summed E-state index contributed by atoms with van der Waals surface area (Å²) in [5.74, 6) is 1.98. The molecule has 0 aliphatic carbocycles. The molecule has 2 N–H and O–H groups in total. The lowest BCUT2D eigenvalue weighted by molar-refractivity contribution is 0.0950. The van der Waals surface area contributed by atoms with Crippen LogP contribution >= 0.6 is 27.5 Å². The van der Waals surface area contributed by atoms with Crippen LogP contribution in [-0.4, -0.2) is 22.1 Å². The van der Waals surface area contributed by atoms with Gasteiger partial charge in [-0.3, -0.25) is 9.20 Å². The van der Waals surface area contributed by atoms with Crippen LogP contribution in [0.2, 0.25) is 5.02 Å². The molecule has 190 valence electrons. The minimum atomic E-state index is -0.164. The van der Waals surface area contributed by atoms with Crippen molar-refractivity contribution in [3.05, 3.63) is 111 Å². The Labute approximate surface area is 232 Å². The normalized spacial score (nSPS) is 12.1. The van der Waals surface area contributed by atoms with Crippen molar-refractivity contribution in [3.8, 4) is 22.8 Å². The van der Waals surface area contributed by atoms with Gasteiger partial charge >= 0.3 is 0 Å². The summed E-state index contributed by atoms with van der Waals surface area (Å²) in [5.41, 5.74) is 5.11. The smallest absolute Gasteiger partial charge is 0.251 e.